The van der Waals surface area contributed by atoms with Gasteiger partial charge in [0.05, 0.1) is 31.7 Å². The Labute approximate surface area is 157 Å². The summed E-state index contributed by atoms with van der Waals surface area (Å²) in [6.45, 7) is 0.790. The van der Waals surface area contributed by atoms with Gasteiger partial charge in [0.15, 0.2) is 11.5 Å². The highest BCUT2D eigenvalue weighted by molar-refractivity contribution is 5.79. The van der Waals surface area contributed by atoms with E-state index in [9.17, 15) is 9.59 Å². The Morgan fingerprint density at radius 2 is 1.74 bits per heavy atom. The van der Waals surface area contributed by atoms with Gasteiger partial charge in [0.1, 0.15) is 0 Å². The highest BCUT2D eigenvalue weighted by atomic mass is 16.5. The molecule has 0 spiro atoms. The number of ether oxygens (including phenoxy) is 2. The van der Waals surface area contributed by atoms with Crippen molar-refractivity contribution >= 4 is 16.9 Å². The first-order valence-corrected chi connectivity index (χ1v) is 8.67. The first-order chi connectivity index (χ1) is 13.0. The van der Waals surface area contributed by atoms with E-state index in [-0.39, 0.29) is 18.0 Å². The summed E-state index contributed by atoms with van der Waals surface area (Å²) in [5.74, 6) is 1.10. The van der Waals surface area contributed by atoms with Crippen LogP contribution < -0.4 is 20.5 Å². The van der Waals surface area contributed by atoms with E-state index in [0.29, 0.717) is 24.6 Å². The number of benzene rings is 2. The lowest BCUT2D eigenvalue weighted by molar-refractivity contribution is -0.120. The molecule has 1 aromatic heterocycles. The van der Waals surface area contributed by atoms with Crippen molar-refractivity contribution < 1.29 is 14.3 Å². The summed E-state index contributed by atoms with van der Waals surface area (Å²) in [6, 6.07) is 13.0. The zero-order valence-electron chi connectivity index (χ0n) is 15.7. The lowest BCUT2D eigenvalue weighted by Crippen LogP contribution is -2.32. The number of rotatable bonds is 7. The maximum atomic E-state index is 12.4. The van der Waals surface area contributed by atoms with E-state index in [1.54, 1.807) is 42.5 Å². The fourth-order valence-corrected chi connectivity index (χ4v) is 3.12. The normalized spacial score (nSPS) is 10.8. The van der Waals surface area contributed by atoms with Gasteiger partial charge in [0.2, 0.25) is 5.91 Å². The number of fused-ring (bicyclic) bond motifs is 1. The molecule has 0 fully saturated rings. The number of para-hydroxylation sites is 2. The van der Waals surface area contributed by atoms with Gasteiger partial charge in [-0.15, -0.1) is 0 Å². The average molecular weight is 369 g/mol. The quantitative estimate of drug-likeness (QED) is 0.688. The molecule has 0 bridgehead atoms. The minimum Gasteiger partial charge on any atom is -0.493 e. The van der Waals surface area contributed by atoms with E-state index < -0.39 is 0 Å². The number of imidazole rings is 1. The van der Waals surface area contributed by atoms with E-state index in [2.05, 4.69) is 5.32 Å². The zero-order valence-corrected chi connectivity index (χ0v) is 15.7. The van der Waals surface area contributed by atoms with Gasteiger partial charge in [-0.3, -0.25) is 13.9 Å². The van der Waals surface area contributed by atoms with Crippen molar-refractivity contribution in [2.75, 3.05) is 20.8 Å². The van der Waals surface area contributed by atoms with Crippen LogP contribution in [0.1, 0.15) is 5.56 Å². The van der Waals surface area contributed by atoms with E-state index in [1.807, 2.05) is 30.3 Å². The summed E-state index contributed by atoms with van der Waals surface area (Å²) in [7, 11) is 4.87. The number of hydrogen-bond donors (Lipinski definition) is 1. The van der Waals surface area contributed by atoms with E-state index in [1.165, 1.54) is 0 Å². The van der Waals surface area contributed by atoms with Crippen LogP contribution in [0.3, 0.4) is 0 Å². The molecular formula is C20H23N3O4. The SMILES string of the molecule is COc1ccc(CC(=O)NCCn2c(=O)n(C)c3ccccc32)cc1OC. The minimum absolute atomic E-state index is 0.0923. The van der Waals surface area contributed by atoms with Crippen LogP contribution in [0.4, 0.5) is 0 Å². The second-order valence-electron chi connectivity index (χ2n) is 6.20. The summed E-state index contributed by atoms with van der Waals surface area (Å²) in [5, 5.41) is 2.87. The number of amides is 1. The molecule has 1 N–H and O–H groups in total. The van der Waals surface area contributed by atoms with Gasteiger partial charge in [-0.1, -0.05) is 18.2 Å². The molecule has 7 heteroatoms. The Kier molecular flexibility index (Phi) is 5.49. The third-order valence-corrected chi connectivity index (χ3v) is 4.52. The molecular weight excluding hydrogens is 346 g/mol. The fourth-order valence-electron chi connectivity index (χ4n) is 3.12. The smallest absolute Gasteiger partial charge is 0.328 e. The Morgan fingerprint density at radius 3 is 2.44 bits per heavy atom. The maximum Gasteiger partial charge on any atom is 0.328 e. The molecule has 0 aliphatic heterocycles. The number of nitrogens with zero attached hydrogens (tertiary/aromatic N) is 2. The van der Waals surface area contributed by atoms with Crippen LogP contribution in [0.5, 0.6) is 11.5 Å². The Bertz CT molecular complexity index is 1020. The van der Waals surface area contributed by atoms with Crippen LogP contribution in [-0.2, 0) is 24.8 Å². The second-order valence-corrected chi connectivity index (χ2v) is 6.20. The summed E-state index contributed by atoms with van der Waals surface area (Å²) in [6.07, 6.45) is 0.227. The van der Waals surface area contributed by atoms with Crippen LogP contribution in [0.25, 0.3) is 11.0 Å². The van der Waals surface area contributed by atoms with Gasteiger partial charge in [-0.25, -0.2) is 4.79 Å². The predicted molar refractivity (Wildman–Crippen MR) is 103 cm³/mol. The van der Waals surface area contributed by atoms with Gasteiger partial charge < -0.3 is 14.8 Å². The monoisotopic (exact) mass is 369 g/mol. The fraction of sp³-hybridized carbons (Fsp3) is 0.300. The standard InChI is InChI=1S/C20H23N3O4/c1-22-15-6-4-5-7-16(15)23(20(22)25)11-10-21-19(24)13-14-8-9-17(26-2)18(12-14)27-3/h4-9,12H,10-11,13H2,1-3H3,(H,21,24). The molecule has 27 heavy (non-hydrogen) atoms. The molecule has 7 nitrogen and oxygen atoms in total. The molecule has 3 aromatic rings. The third-order valence-electron chi connectivity index (χ3n) is 4.52. The predicted octanol–water partition coefficient (Wildman–Crippen LogP) is 1.72. The van der Waals surface area contributed by atoms with Crippen molar-refractivity contribution in [3.8, 4) is 11.5 Å². The van der Waals surface area contributed by atoms with Crippen molar-refractivity contribution in [2.24, 2.45) is 7.05 Å². The van der Waals surface area contributed by atoms with E-state index >= 15 is 0 Å². The number of aryl methyl sites for hydroxylation is 1. The second kappa shape index (κ2) is 7.99. The zero-order chi connectivity index (χ0) is 19.4. The third kappa shape index (κ3) is 3.81. The van der Waals surface area contributed by atoms with Gasteiger partial charge in [0.25, 0.3) is 0 Å². The Hall–Kier alpha value is -3.22. The van der Waals surface area contributed by atoms with Crippen LogP contribution >= 0.6 is 0 Å². The topological polar surface area (TPSA) is 74.5 Å². The van der Waals surface area contributed by atoms with Gasteiger partial charge >= 0.3 is 5.69 Å². The summed E-state index contributed by atoms with van der Waals surface area (Å²) >= 11 is 0. The van der Waals surface area contributed by atoms with Gasteiger partial charge in [-0.05, 0) is 29.8 Å². The van der Waals surface area contributed by atoms with Crippen molar-refractivity contribution in [1.29, 1.82) is 0 Å². The van der Waals surface area contributed by atoms with Gasteiger partial charge in [0, 0.05) is 20.1 Å². The molecule has 142 valence electrons. The van der Waals surface area contributed by atoms with Crippen LogP contribution in [-0.4, -0.2) is 35.8 Å². The molecule has 0 unspecified atom stereocenters. The molecule has 0 atom stereocenters. The number of carbonyl (C=O) groups excluding carboxylic acids is 1. The lowest BCUT2D eigenvalue weighted by atomic mass is 10.1. The largest absolute Gasteiger partial charge is 0.493 e. The molecule has 0 radical (unpaired) electrons. The van der Waals surface area contributed by atoms with Crippen molar-refractivity contribution in [3.05, 3.63) is 58.5 Å². The van der Waals surface area contributed by atoms with Crippen molar-refractivity contribution in [3.63, 3.8) is 0 Å². The number of aromatic nitrogens is 2. The Morgan fingerprint density at radius 1 is 1.04 bits per heavy atom. The molecule has 3 rings (SSSR count). The van der Waals surface area contributed by atoms with Crippen molar-refractivity contribution in [1.82, 2.24) is 14.5 Å². The first-order valence-electron chi connectivity index (χ1n) is 8.67. The number of carbonyl (C=O) groups is 1. The van der Waals surface area contributed by atoms with Crippen molar-refractivity contribution in [2.45, 2.75) is 13.0 Å². The summed E-state index contributed by atoms with van der Waals surface area (Å²) < 4.78 is 13.7. The number of methoxy groups -OCH3 is 2. The van der Waals surface area contributed by atoms with Gasteiger partial charge in [-0.2, -0.15) is 0 Å². The molecule has 1 amide bonds. The summed E-state index contributed by atoms with van der Waals surface area (Å²) in [4.78, 5) is 24.6. The molecule has 0 aliphatic rings. The number of hydrogen-bond acceptors (Lipinski definition) is 4. The lowest BCUT2D eigenvalue weighted by Gasteiger charge is -2.10. The number of nitrogens with one attached hydrogen (secondary N) is 1. The molecule has 0 saturated carbocycles. The maximum absolute atomic E-state index is 12.4. The van der Waals surface area contributed by atoms with E-state index in [4.69, 9.17) is 9.47 Å². The highest BCUT2D eigenvalue weighted by Gasteiger charge is 2.11. The first kappa shape index (κ1) is 18.6. The van der Waals surface area contributed by atoms with Crippen LogP contribution in [0.15, 0.2) is 47.3 Å². The molecule has 0 aliphatic carbocycles. The Balaban J connectivity index is 1.62. The average Bonchev–Trinajstić information content (AvgIpc) is 2.93. The molecule has 1 heterocycles. The highest BCUT2D eigenvalue weighted by Crippen LogP contribution is 2.27. The minimum atomic E-state index is -0.115. The molecule has 0 saturated heterocycles. The van der Waals surface area contributed by atoms with E-state index in [0.717, 1.165) is 16.6 Å². The van der Waals surface area contributed by atoms with Crippen LogP contribution in [0.2, 0.25) is 0 Å². The summed E-state index contributed by atoms with van der Waals surface area (Å²) in [5.41, 5.74) is 2.47. The van der Waals surface area contributed by atoms with Crippen LogP contribution in [0, 0.1) is 0 Å². The molecule has 2 aromatic carbocycles.